The molecule has 0 bridgehead atoms. The number of pyridine rings is 1. The van der Waals surface area contributed by atoms with Gasteiger partial charge in [0.1, 0.15) is 11.5 Å². The fraction of sp³-hybridized carbons (Fsp3) is 0.364. The van der Waals surface area contributed by atoms with Crippen LogP contribution in [0.25, 0.3) is 16.7 Å². The van der Waals surface area contributed by atoms with E-state index in [2.05, 4.69) is 4.98 Å². The molecule has 186 valence electrons. The van der Waals surface area contributed by atoms with E-state index < -0.39 is 27.8 Å². The summed E-state index contributed by atoms with van der Waals surface area (Å²) < 4.78 is 40.4. The first-order valence-corrected chi connectivity index (χ1v) is 12.8. The summed E-state index contributed by atoms with van der Waals surface area (Å²) in [6, 6.07) is 7.13. The monoisotopic (exact) mass is 504 g/mol. The summed E-state index contributed by atoms with van der Waals surface area (Å²) in [6.07, 6.45) is -0.139. The zero-order valence-electron chi connectivity index (χ0n) is 19.4. The van der Waals surface area contributed by atoms with Crippen molar-refractivity contribution in [3.05, 3.63) is 47.5 Å². The van der Waals surface area contributed by atoms with Crippen LogP contribution in [0, 0.1) is 5.82 Å². The minimum Gasteiger partial charge on any atom is -0.465 e. The third kappa shape index (κ3) is 5.04. The van der Waals surface area contributed by atoms with Gasteiger partial charge < -0.3 is 14.9 Å². The first-order chi connectivity index (χ1) is 16.4. The van der Waals surface area contributed by atoms with Gasteiger partial charge in [0.25, 0.3) is 5.91 Å². The van der Waals surface area contributed by atoms with Gasteiger partial charge in [0.2, 0.25) is 10.0 Å². The van der Waals surface area contributed by atoms with E-state index in [1.54, 1.807) is 0 Å². The van der Waals surface area contributed by atoms with Crippen LogP contribution in [-0.2, 0) is 10.0 Å². The molecule has 1 saturated heterocycles. The Morgan fingerprint density at radius 2 is 1.74 bits per heavy atom. The highest BCUT2D eigenvalue weighted by atomic mass is 32.2. The highest BCUT2D eigenvalue weighted by Gasteiger charge is 2.28. The van der Waals surface area contributed by atoms with Crippen molar-refractivity contribution >= 4 is 38.7 Å². The van der Waals surface area contributed by atoms with Crippen molar-refractivity contribution in [3.8, 4) is 5.69 Å². The fourth-order valence-corrected chi connectivity index (χ4v) is 4.46. The molecular weight excluding hydrogens is 479 g/mol. The van der Waals surface area contributed by atoms with Gasteiger partial charge in [-0.05, 0) is 36.2 Å². The topological polar surface area (TPSA) is 138 Å². The third-order valence-electron chi connectivity index (χ3n) is 5.66. The zero-order valence-corrected chi connectivity index (χ0v) is 20.2. The molecule has 1 fully saturated rings. The van der Waals surface area contributed by atoms with E-state index in [0.29, 0.717) is 41.2 Å². The molecule has 1 aliphatic heterocycles. The van der Waals surface area contributed by atoms with Gasteiger partial charge in [-0.15, -0.1) is 0 Å². The van der Waals surface area contributed by atoms with Gasteiger partial charge >= 0.3 is 6.09 Å². The van der Waals surface area contributed by atoms with Gasteiger partial charge in [-0.2, -0.15) is 5.10 Å². The number of rotatable bonds is 5. The average molecular weight is 505 g/mol. The number of sulfonamides is 1. The van der Waals surface area contributed by atoms with Crippen LogP contribution in [0.3, 0.4) is 0 Å². The number of nitrogens with one attached hydrogen (secondary N) is 1. The molecule has 13 heteroatoms. The maximum Gasteiger partial charge on any atom is 0.407 e. The number of benzene rings is 1. The predicted molar refractivity (Wildman–Crippen MR) is 127 cm³/mol. The predicted octanol–water partition coefficient (Wildman–Crippen LogP) is 2.17. The Labute approximate surface area is 201 Å². The van der Waals surface area contributed by atoms with Crippen LogP contribution in [-0.4, -0.2) is 77.6 Å². The summed E-state index contributed by atoms with van der Waals surface area (Å²) in [5.74, 6) is -1.37. The normalized spacial score (nSPS) is 14.5. The Hall–Kier alpha value is -3.74. The van der Waals surface area contributed by atoms with Crippen LogP contribution in [0.5, 0.6) is 0 Å². The first kappa shape index (κ1) is 24.4. The van der Waals surface area contributed by atoms with Crippen LogP contribution in [0.2, 0.25) is 0 Å². The van der Waals surface area contributed by atoms with Gasteiger partial charge in [-0.1, -0.05) is 13.8 Å². The van der Waals surface area contributed by atoms with Crippen LogP contribution in [0.4, 0.5) is 14.9 Å². The van der Waals surface area contributed by atoms with Gasteiger partial charge in [0.15, 0.2) is 5.65 Å². The highest BCUT2D eigenvalue weighted by molar-refractivity contribution is 7.89. The van der Waals surface area contributed by atoms with E-state index in [-0.39, 0.29) is 24.7 Å². The SMILES string of the molecule is CC(C)c1nn(-c2ccc(F)cc2)c2nc(C(=O)NS(C)(=O)=O)cc(N3CCN(C(=O)O)CC3)c12. The highest BCUT2D eigenvalue weighted by Crippen LogP contribution is 2.35. The summed E-state index contributed by atoms with van der Waals surface area (Å²) in [4.78, 5) is 31.8. The Morgan fingerprint density at radius 1 is 1.11 bits per heavy atom. The Bertz CT molecular complexity index is 1400. The second-order valence-corrected chi connectivity index (χ2v) is 10.4. The number of carboxylic acid groups (broad SMARTS) is 1. The van der Waals surface area contributed by atoms with Crippen molar-refractivity contribution in [2.75, 3.05) is 37.3 Å². The molecule has 35 heavy (non-hydrogen) atoms. The zero-order chi connectivity index (χ0) is 25.5. The van der Waals surface area contributed by atoms with Gasteiger partial charge in [0.05, 0.1) is 28.7 Å². The lowest BCUT2D eigenvalue weighted by molar-refractivity contribution is 0.0977. The van der Waals surface area contributed by atoms with Crippen LogP contribution >= 0.6 is 0 Å². The van der Waals surface area contributed by atoms with Crippen molar-refractivity contribution in [2.24, 2.45) is 0 Å². The second-order valence-electron chi connectivity index (χ2n) is 8.61. The minimum atomic E-state index is -3.84. The van der Waals surface area contributed by atoms with Gasteiger partial charge in [-0.3, -0.25) is 4.79 Å². The van der Waals surface area contributed by atoms with E-state index in [1.165, 1.54) is 39.9 Å². The molecule has 0 atom stereocenters. The van der Waals surface area contributed by atoms with Gasteiger partial charge in [0, 0.05) is 26.2 Å². The fourth-order valence-electron chi connectivity index (χ4n) is 4.01. The molecule has 0 spiro atoms. The van der Waals surface area contributed by atoms with Crippen molar-refractivity contribution in [1.82, 2.24) is 24.4 Å². The molecular formula is C22H25FN6O5S. The number of hydrogen-bond donors (Lipinski definition) is 2. The molecule has 1 aliphatic rings. The number of anilines is 1. The molecule has 4 rings (SSSR count). The summed E-state index contributed by atoms with van der Waals surface area (Å²) in [6.45, 7) is 5.14. The Balaban J connectivity index is 1.94. The summed E-state index contributed by atoms with van der Waals surface area (Å²) >= 11 is 0. The largest absolute Gasteiger partial charge is 0.465 e. The Kier molecular flexibility index (Phi) is 6.36. The Morgan fingerprint density at radius 3 is 2.29 bits per heavy atom. The molecule has 2 amide bonds. The number of halogens is 1. The summed E-state index contributed by atoms with van der Waals surface area (Å²) in [5.41, 5.74) is 1.95. The van der Waals surface area contributed by atoms with Crippen molar-refractivity contribution in [3.63, 3.8) is 0 Å². The average Bonchev–Trinajstić information content (AvgIpc) is 3.18. The molecule has 2 aromatic heterocycles. The number of carbonyl (C=O) groups excluding carboxylic acids is 1. The van der Waals surface area contributed by atoms with Crippen molar-refractivity contribution < 1.29 is 27.5 Å². The molecule has 0 radical (unpaired) electrons. The lowest BCUT2D eigenvalue weighted by Gasteiger charge is -2.35. The number of hydrogen-bond acceptors (Lipinski definition) is 7. The number of fused-ring (bicyclic) bond motifs is 1. The number of carbonyl (C=O) groups is 2. The summed E-state index contributed by atoms with van der Waals surface area (Å²) in [5, 5.41) is 14.7. The molecule has 0 aliphatic carbocycles. The van der Waals surface area contributed by atoms with Crippen molar-refractivity contribution in [1.29, 1.82) is 0 Å². The smallest absolute Gasteiger partial charge is 0.407 e. The van der Waals surface area contributed by atoms with Crippen LogP contribution in [0.15, 0.2) is 30.3 Å². The molecule has 1 aromatic carbocycles. The lowest BCUT2D eigenvalue weighted by atomic mass is 10.0. The van der Waals surface area contributed by atoms with Crippen LogP contribution in [0.1, 0.15) is 35.9 Å². The van der Waals surface area contributed by atoms with E-state index >= 15 is 0 Å². The summed E-state index contributed by atoms with van der Waals surface area (Å²) in [7, 11) is -3.84. The van der Waals surface area contributed by atoms with E-state index in [0.717, 1.165) is 6.26 Å². The number of nitrogens with zero attached hydrogens (tertiary/aromatic N) is 5. The lowest BCUT2D eigenvalue weighted by Crippen LogP contribution is -2.48. The molecule has 0 unspecified atom stereocenters. The molecule has 0 saturated carbocycles. The third-order valence-corrected chi connectivity index (χ3v) is 6.22. The second kappa shape index (κ2) is 9.13. The first-order valence-electron chi connectivity index (χ1n) is 10.9. The maximum atomic E-state index is 13.6. The number of amides is 2. The molecule has 3 aromatic rings. The molecule has 11 nitrogen and oxygen atoms in total. The standard InChI is InChI=1S/C22H25FN6O5S/c1-13(2)19-18-17(27-8-10-28(11-9-27)22(31)32)12-16(21(30)26-35(3,33)34)24-20(18)29(25-19)15-6-4-14(23)5-7-15/h4-7,12-13H,8-11H2,1-3H3,(H,26,30)(H,31,32). The minimum absolute atomic E-state index is 0.0456. The molecule has 2 N–H and O–H groups in total. The quantitative estimate of drug-likeness (QED) is 0.539. The van der Waals surface area contributed by atoms with Crippen molar-refractivity contribution in [2.45, 2.75) is 19.8 Å². The molecule has 3 heterocycles. The maximum absolute atomic E-state index is 13.6. The van der Waals surface area contributed by atoms with E-state index in [1.807, 2.05) is 23.5 Å². The van der Waals surface area contributed by atoms with E-state index in [9.17, 15) is 27.5 Å². The van der Waals surface area contributed by atoms with Gasteiger partial charge in [-0.25, -0.2) is 32.0 Å². The van der Waals surface area contributed by atoms with E-state index in [4.69, 9.17) is 5.10 Å². The van der Waals surface area contributed by atoms with Crippen LogP contribution < -0.4 is 9.62 Å². The number of aromatic nitrogens is 3. The number of piperazine rings is 1.